The summed E-state index contributed by atoms with van der Waals surface area (Å²) in [6.07, 6.45) is 0. The number of nitrogens with one attached hydrogen (secondary N) is 2. The number of nitrogens with zero attached hydrogens (tertiary/aromatic N) is 10. The van der Waals surface area contributed by atoms with E-state index in [1.165, 1.54) is 17.0 Å². The monoisotopic (exact) mass is 912 g/mol. The summed E-state index contributed by atoms with van der Waals surface area (Å²) >= 11 is 0. The highest BCUT2D eigenvalue weighted by Gasteiger charge is 2.20. The standard InChI is InChI=1S/C39H46F2N12O8S2/c1-5-51(6-2)27-11-15-31(49-47-25-9-13-29(40)35(21-25)62(56,57)58)33(23-27)42-37-44-38(46-39(45-37)53(17-19-54)18-20-55)43-34-24-28(52(7-3)8-4)12-16-32(34)50-48-26-10-14-30(41)36(22-26)63(59,60)61/h9-16,21-24,54-55H,5-8,17-20H2,1-4H3,(H,56,57,58)(H,59,60,61)(H2,42,43,44,45,46). The second kappa shape index (κ2) is 21.2. The first-order chi connectivity index (χ1) is 30.0. The molecule has 1 aromatic heterocycles. The van der Waals surface area contributed by atoms with Crippen LogP contribution in [0.15, 0.2) is 103 Å². The lowest BCUT2D eigenvalue weighted by molar-refractivity contribution is 0.280. The molecular formula is C39H46F2N12O8S2. The molecule has 0 radical (unpaired) electrons. The van der Waals surface area contributed by atoms with E-state index in [9.17, 15) is 44.9 Å². The van der Waals surface area contributed by atoms with Crippen molar-refractivity contribution in [1.82, 2.24) is 15.0 Å². The van der Waals surface area contributed by atoms with Crippen LogP contribution in [-0.4, -0.2) is 104 Å². The van der Waals surface area contributed by atoms with E-state index < -0.39 is 41.7 Å². The number of halogens is 2. The zero-order valence-electron chi connectivity index (χ0n) is 34.6. The predicted octanol–water partition coefficient (Wildman–Crippen LogP) is 7.44. The van der Waals surface area contributed by atoms with Crippen molar-refractivity contribution in [1.29, 1.82) is 0 Å². The van der Waals surface area contributed by atoms with Crippen LogP contribution in [-0.2, 0) is 20.2 Å². The van der Waals surface area contributed by atoms with Gasteiger partial charge in [0.25, 0.3) is 20.2 Å². The molecule has 6 N–H and O–H groups in total. The number of aliphatic hydroxyl groups excluding tert-OH is 2. The molecule has 0 aliphatic carbocycles. The van der Waals surface area contributed by atoms with Crippen LogP contribution < -0.4 is 25.3 Å². The molecule has 0 aliphatic rings. The van der Waals surface area contributed by atoms with E-state index in [1.54, 1.807) is 36.4 Å². The average molecular weight is 913 g/mol. The first-order valence-electron chi connectivity index (χ1n) is 19.4. The number of aliphatic hydroxyl groups is 2. The summed E-state index contributed by atoms with van der Waals surface area (Å²) in [5.74, 6) is -2.44. The smallest absolute Gasteiger partial charge is 0.297 e. The highest BCUT2D eigenvalue weighted by molar-refractivity contribution is 7.86. The van der Waals surface area contributed by atoms with E-state index in [4.69, 9.17) is 0 Å². The van der Waals surface area contributed by atoms with Crippen molar-refractivity contribution in [2.45, 2.75) is 37.5 Å². The summed E-state index contributed by atoms with van der Waals surface area (Å²) in [6, 6.07) is 16.0. The second-order valence-corrected chi connectivity index (χ2v) is 16.1. The van der Waals surface area contributed by atoms with Gasteiger partial charge in [-0.25, -0.2) is 8.78 Å². The van der Waals surface area contributed by atoms with Crippen molar-refractivity contribution in [2.75, 3.05) is 77.8 Å². The molecule has 63 heavy (non-hydrogen) atoms. The number of azo groups is 2. The molecule has 0 saturated heterocycles. The van der Waals surface area contributed by atoms with Gasteiger partial charge in [-0.05, 0) is 100 Å². The molecule has 24 heteroatoms. The molecule has 336 valence electrons. The Kier molecular flexibility index (Phi) is 16.0. The molecule has 0 atom stereocenters. The molecule has 0 saturated carbocycles. The Morgan fingerprint density at radius 2 is 0.952 bits per heavy atom. The van der Waals surface area contributed by atoms with Crippen LogP contribution in [0.25, 0.3) is 0 Å². The maximum Gasteiger partial charge on any atom is 0.297 e. The topological polar surface area (TPSA) is 271 Å². The van der Waals surface area contributed by atoms with E-state index in [-0.39, 0.29) is 66.9 Å². The number of aromatic nitrogens is 3. The van der Waals surface area contributed by atoms with Crippen molar-refractivity contribution in [3.8, 4) is 0 Å². The third-order valence-electron chi connectivity index (χ3n) is 9.29. The van der Waals surface area contributed by atoms with Gasteiger partial charge in [-0.15, -0.1) is 10.2 Å². The van der Waals surface area contributed by atoms with E-state index in [0.29, 0.717) is 37.6 Å². The number of hydrogen-bond acceptors (Lipinski definition) is 18. The molecule has 0 unspecified atom stereocenters. The minimum atomic E-state index is -4.90. The fraction of sp³-hybridized carbons (Fsp3) is 0.308. The summed E-state index contributed by atoms with van der Waals surface area (Å²) in [6.45, 7) is 9.83. The number of rotatable bonds is 21. The van der Waals surface area contributed by atoms with Crippen molar-refractivity contribution >= 4 is 83.6 Å². The van der Waals surface area contributed by atoms with Gasteiger partial charge in [0.15, 0.2) is 0 Å². The van der Waals surface area contributed by atoms with Gasteiger partial charge in [0.2, 0.25) is 17.8 Å². The van der Waals surface area contributed by atoms with Gasteiger partial charge >= 0.3 is 0 Å². The Balaban J connectivity index is 1.64. The molecule has 1 heterocycles. The lowest BCUT2D eigenvalue weighted by atomic mass is 10.2. The quantitative estimate of drug-likeness (QED) is 0.0308. The van der Waals surface area contributed by atoms with Crippen LogP contribution in [0.2, 0.25) is 0 Å². The van der Waals surface area contributed by atoms with Gasteiger partial charge in [-0.3, -0.25) is 9.11 Å². The van der Waals surface area contributed by atoms with Crippen molar-refractivity contribution in [2.24, 2.45) is 20.5 Å². The van der Waals surface area contributed by atoms with Crippen LogP contribution in [0, 0.1) is 11.6 Å². The van der Waals surface area contributed by atoms with Gasteiger partial charge in [0, 0.05) is 50.6 Å². The van der Waals surface area contributed by atoms with E-state index in [0.717, 1.165) is 35.6 Å². The van der Waals surface area contributed by atoms with Gasteiger partial charge in [0.05, 0.1) is 36.0 Å². The third kappa shape index (κ3) is 12.4. The largest absolute Gasteiger partial charge is 0.395 e. The van der Waals surface area contributed by atoms with E-state index >= 15 is 0 Å². The van der Waals surface area contributed by atoms with Gasteiger partial charge in [-0.2, -0.15) is 42.0 Å². The summed E-state index contributed by atoms with van der Waals surface area (Å²) in [5, 5.41) is 42.9. The maximum absolute atomic E-state index is 14.2. The zero-order valence-corrected chi connectivity index (χ0v) is 36.2. The van der Waals surface area contributed by atoms with Crippen LogP contribution in [0.4, 0.5) is 72.1 Å². The van der Waals surface area contributed by atoms with Crippen molar-refractivity contribution in [3.63, 3.8) is 0 Å². The highest BCUT2D eigenvalue weighted by Crippen LogP contribution is 2.37. The van der Waals surface area contributed by atoms with Gasteiger partial charge in [0.1, 0.15) is 32.8 Å². The Labute approximate surface area is 362 Å². The fourth-order valence-electron chi connectivity index (χ4n) is 6.13. The minimum Gasteiger partial charge on any atom is -0.395 e. The second-order valence-electron chi connectivity index (χ2n) is 13.3. The summed E-state index contributed by atoms with van der Waals surface area (Å²) in [7, 11) is -9.81. The molecule has 4 aromatic carbocycles. The maximum atomic E-state index is 14.2. The van der Waals surface area contributed by atoms with Crippen molar-refractivity contribution in [3.05, 3.63) is 84.4 Å². The van der Waals surface area contributed by atoms with E-state index in [1.807, 2.05) is 27.7 Å². The summed E-state index contributed by atoms with van der Waals surface area (Å²) in [4.78, 5) is 17.5. The molecule has 0 aliphatic heterocycles. The van der Waals surface area contributed by atoms with Gasteiger partial charge in [-0.1, -0.05) is 0 Å². The first-order valence-corrected chi connectivity index (χ1v) is 22.3. The molecule has 20 nitrogen and oxygen atoms in total. The molecular weight excluding hydrogens is 867 g/mol. The normalized spacial score (nSPS) is 12.0. The summed E-state index contributed by atoms with van der Waals surface area (Å²) < 4.78 is 94.5. The molecule has 5 rings (SSSR count). The number of hydrogen-bond donors (Lipinski definition) is 6. The summed E-state index contributed by atoms with van der Waals surface area (Å²) in [5.41, 5.74) is 2.38. The molecule has 5 aromatic rings. The lowest BCUT2D eigenvalue weighted by Crippen LogP contribution is -2.31. The highest BCUT2D eigenvalue weighted by atomic mass is 32.2. The lowest BCUT2D eigenvalue weighted by Gasteiger charge is -2.24. The van der Waals surface area contributed by atoms with Gasteiger partial charge < -0.3 is 35.5 Å². The van der Waals surface area contributed by atoms with Crippen LogP contribution in [0.3, 0.4) is 0 Å². The number of benzene rings is 4. The third-order valence-corrected chi connectivity index (χ3v) is 11.0. The SMILES string of the molecule is CCN(CC)c1ccc(N=Nc2ccc(F)c(S(=O)(=O)O)c2)c(Nc2nc(Nc3cc(N(CC)CC)ccc3N=Nc3ccc(F)c(S(=O)(=O)O)c3)nc(N(CCO)CCO)n2)c1. The molecule has 0 bridgehead atoms. The molecule has 0 spiro atoms. The fourth-order valence-corrected chi connectivity index (χ4v) is 7.30. The van der Waals surface area contributed by atoms with E-state index in [2.05, 4.69) is 55.8 Å². The Morgan fingerprint density at radius 1 is 0.556 bits per heavy atom. The van der Waals surface area contributed by atoms with Crippen LogP contribution in [0.1, 0.15) is 27.7 Å². The van der Waals surface area contributed by atoms with Crippen molar-refractivity contribution < 1.29 is 44.9 Å². The van der Waals surface area contributed by atoms with Crippen LogP contribution >= 0.6 is 0 Å². The van der Waals surface area contributed by atoms with Crippen LogP contribution in [0.5, 0.6) is 0 Å². The zero-order chi connectivity index (χ0) is 45.9. The number of anilines is 7. The minimum absolute atomic E-state index is 0.0176. The Morgan fingerprint density at radius 3 is 1.30 bits per heavy atom. The predicted molar refractivity (Wildman–Crippen MR) is 234 cm³/mol. The Hall–Kier alpha value is -6.31. The average Bonchev–Trinajstić information content (AvgIpc) is 3.24. The molecule has 0 fully saturated rings. The Bertz CT molecular complexity index is 2510. The first kappa shape index (κ1) is 47.7. The molecule has 0 amide bonds.